The molecule has 6 nitrogen and oxygen atoms in total. The van der Waals surface area contributed by atoms with E-state index in [0.29, 0.717) is 6.54 Å². The fourth-order valence-corrected chi connectivity index (χ4v) is 3.36. The number of hydrogen-bond acceptors (Lipinski definition) is 5. The molecule has 0 radical (unpaired) electrons. The van der Waals surface area contributed by atoms with Crippen LogP contribution in [0.1, 0.15) is 20.3 Å². The van der Waals surface area contributed by atoms with Crippen molar-refractivity contribution in [3.63, 3.8) is 0 Å². The van der Waals surface area contributed by atoms with Crippen LogP contribution in [0.5, 0.6) is 0 Å². The van der Waals surface area contributed by atoms with E-state index in [1.54, 1.807) is 0 Å². The van der Waals surface area contributed by atoms with Crippen molar-refractivity contribution in [1.82, 2.24) is 10.6 Å². The van der Waals surface area contributed by atoms with Gasteiger partial charge in [0.1, 0.15) is 0 Å². The highest BCUT2D eigenvalue weighted by molar-refractivity contribution is 7.91. The van der Waals surface area contributed by atoms with Crippen LogP contribution in [0.3, 0.4) is 0 Å². The Morgan fingerprint density at radius 1 is 1.50 bits per heavy atom. The molecule has 1 fully saturated rings. The van der Waals surface area contributed by atoms with E-state index in [4.69, 9.17) is 5.11 Å². The number of carbonyl (C=O) groups is 1. The number of sulfone groups is 1. The molecule has 106 valence electrons. The minimum Gasteiger partial charge on any atom is -0.394 e. The first-order chi connectivity index (χ1) is 8.34. The van der Waals surface area contributed by atoms with Crippen molar-refractivity contribution in [2.24, 2.45) is 5.92 Å². The molecule has 0 spiro atoms. The predicted molar refractivity (Wildman–Crippen MR) is 68.9 cm³/mol. The Kier molecular flexibility index (Phi) is 5.55. The summed E-state index contributed by atoms with van der Waals surface area (Å²) in [5.41, 5.74) is 0. The molecule has 1 heterocycles. The fourth-order valence-electron chi connectivity index (χ4n) is 1.91. The molecule has 7 heteroatoms. The summed E-state index contributed by atoms with van der Waals surface area (Å²) in [5.74, 6) is 0.0572. The Morgan fingerprint density at radius 2 is 2.17 bits per heavy atom. The van der Waals surface area contributed by atoms with Crippen molar-refractivity contribution in [2.75, 3.05) is 24.7 Å². The van der Waals surface area contributed by atoms with Crippen LogP contribution in [0.25, 0.3) is 0 Å². The summed E-state index contributed by atoms with van der Waals surface area (Å²) < 4.78 is 22.8. The van der Waals surface area contributed by atoms with Crippen LogP contribution in [-0.4, -0.2) is 56.2 Å². The van der Waals surface area contributed by atoms with Gasteiger partial charge in [0.2, 0.25) is 5.91 Å². The lowest BCUT2D eigenvalue weighted by Crippen LogP contribution is -2.49. The first kappa shape index (κ1) is 15.4. The molecular formula is C11H22N2O4S. The summed E-state index contributed by atoms with van der Waals surface area (Å²) >= 11 is 0. The summed E-state index contributed by atoms with van der Waals surface area (Å²) in [7, 11) is -3.02. The van der Waals surface area contributed by atoms with Crippen LogP contribution < -0.4 is 10.6 Å². The third-order valence-electron chi connectivity index (χ3n) is 3.08. The molecule has 0 aromatic heterocycles. The van der Waals surface area contributed by atoms with Gasteiger partial charge in [-0.15, -0.1) is 0 Å². The van der Waals surface area contributed by atoms with E-state index in [-0.39, 0.29) is 48.4 Å². The lowest BCUT2D eigenvalue weighted by Gasteiger charge is -2.25. The second kappa shape index (κ2) is 6.49. The average molecular weight is 278 g/mol. The first-order valence-corrected chi connectivity index (χ1v) is 8.00. The minimum absolute atomic E-state index is 0.00584. The van der Waals surface area contributed by atoms with Gasteiger partial charge in [-0.05, 0) is 5.92 Å². The van der Waals surface area contributed by atoms with Gasteiger partial charge in [-0.1, -0.05) is 13.8 Å². The standard InChI is InChI=1S/C11H22N2O4S/c1-8(2)10(6-14)13-11(15)5-9-7-18(16,17)4-3-12-9/h8-10,12,14H,3-7H2,1-2H3,(H,13,15). The number of carbonyl (C=O) groups excluding carboxylic acids is 1. The molecule has 0 aromatic carbocycles. The number of rotatable bonds is 5. The summed E-state index contributed by atoms with van der Waals surface area (Å²) in [6, 6.07) is -0.604. The number of aliphatic hydroxyl groups excluding tert-OH is 1. The van der Waals surface area contributed by atoms with Gasteiger partial charge in [0.05, 0.1) is 24.2 Å². The van der Waals surface area contributed by atoms with E-state index >= 15 is 0 Å². The third kappa shape index (κ3) is 4.91. The number of amides is 1. The fraction of sp³-hybridized carbons (Fsp3) is 0.909. The average Bonchev–Trinajstić information content (AvgIpc) is 2.23. The van der Waals surface area contributed by atoms with E-state index < -0.39 is 9.84 Å². The highest BCUT2D eigenvalue weighted by Crippen LogP contribution is 2.06. The smallest absolute Gasteiger partial charge is 0.221 e. The Hall–Kier alpha value is -0.660. The van der Waals surface area contributed by atoms with Crippen LogP contribution in [0.2, 0.25) is 0 Å². The molecule has 1 rings (SSSR count). The molecule has 18 heavy (non-hydrogen) atoms. The van der Waals surface area contributed by atoms with Gasteiger partial charge >= 0.3 is 0 Å². The highest BCUT2D eigenvalue weighted by atomic mass is 32.2. The van der Waals surface area contributed by atoms with Gasteiger partial charge in [-0.3, -0.25) is 4.79 Å². The molecule has 3 N–H and O–H groups in total. The maximum Gasteiger partial charge on any atom is 0.221 e. The maximum atomic E-state index is 11.7. The molecule has 1 saturated heterocycles. The molecule has 0 saturated carbocycles. The summed E-state index contributed by atoms with van der Waals surface area (Å²) in [4.78, 5) is 11.7. The zero-order valence-electron chi connectivity index (χ0n) is 10.8. The SMILES string of the molecule is CC(C)C(CO)NC(=O)CC1CS(=O)(=O)CCN1. The van der Waals surface area contributed by atoms with Crippen LogP contribution >= 0.6 is 0 Å². The van der Waals surface area contributed by atoms with E-state index in [1.807, 2.05) is 13.8 Å². The van der Waals surface area contributed by atoms with E-state index in [9.17, 15) is 13.2 Å². The second-order valence-electron chi connectivity index (χ2n) is 5.07. The zero-order chi connectivity index (χ0) is 13.8. The molecule has 2 unspecified atom stereocenters. The topological polar surface area (TPSA) is 95.5 Å². The third-order valence-corrected chi connectivity index (χ3v) is 4.82. The van der Waals surface area contributed by atoms with E-state index in [1.165, 1.54) is 0 Å². The first-order valence-electron chi connectivity index (χ1n) is 6.18. The molecule has 0 aliphatic carbocycles. The molecule has 1 aliphatic rings. The van der Waals surface area contributed by atoms with Gasteiger partial charge in [-0.25, -0.2) is 8.42 Å². The Balaban J connectivity index is 2.45. The largest absolute Gasteiger partial charge is 0.394 e. The van der Waals surface area contributed by atoms with Crippen molar-refractivity contribution in [1.29, 1.82) is 0 Å². The molecule has 0 aromatic rings. The van der Waals surface area contributed by atoms with Crippen molar-refractivity contribution >= 4 is 15.7 Å². The van der Waals surface area contributed by atoms with Gasteiger partial charge < -0.3 is 15.7 Å². The van der Waals surface area contributed by atoms with Gasteiger partial charge in [0.15, 0.2) is 9.84 Å². The van der Waals surface area contributed by atoms with Crippen LogP contribution in [0.4, 0.5) is 0 Å². The quantitative estimate of drug-likeness (QED) is 0.593. The lowest BCUT2D eigenvalue weighted by molar-refractivity contribution is -0.122. The van der Waals surface area contributed by atoms with E-state index in [2.05, 4.69) is 10.6 Å². The molecule has 1 aliphatic heterocycles. The minimum atomic E-state index is -3.02. The Bertz CT molecular complexity index is 381. The van der Waals surface area contributed by atoms with Gasteiger partial charge in [-0.2, -0.15) is 0 Å². The van der Waals surface area contributed by atoms with Crippen molar-refractivity contribution in [3.8, 4) is 0 Å². The molecule has 1 amide bonds. The van der Waals surface area contributed by atoms with Crippen LogP contribution in [0, 0.1) is 5.92 Å². The molecule has 0 bridgehead atoms. The van der Waals surface area contributed by atoms with Crippen LogP contribution in [0.15, 0.2) is 0 Å². The number of nitrogens with one attached hydrogen (secondary N) is 2. The highest BCUT2D eigenvalue weighted by Gasteiger charge is 2.26. The lowest BCUT2D eigenvalue weighted by atomic mass is 10.0. The number of aliphatic hydroxyl groups is 1. The maximum absolute atomic E-state index is 11.7. The van der Waals surface area contributed by atoms with E-state index in [0.717, 1.165) is 0 Å². The van der Waals surface area contributed by atoms with Crippen molar-refractivity contribution in [2.45, 2.75) is 32.4 Å². The second-order valence-corrected chi connectivity index (χ2v) is 7.30. The monoisotopic (exact) mass is 278 g/mol. The zero-order valence-corrected chi connectivity index (χ0v) is 11.7. The molecule has 2 atom stereocenters. The Labute approximate surface area is 108 Å². The number of hydrogen-bond donors (Lipinski definition) is 3. The molecular weight excluding hydrogens is 256 g/mol. The summed E-state index contributed by atoms with van der Waals surface area (Å²) in [6.07, 6.45) is 0.127. The Morgan fingerprint density at radius 3 is 2.67 bits per heavy atom. The van der Waals surface area contributed by atoms with Crippen LogP contribution in [-0.2, 0) is 14.6 Å². The normalized spacial score (nSPS) is 24.8. The van der Waals surface area contributed by atoms with Gasteiger partial charge in [0.25, 0.3) is 0 Å². The van der Waals surface area contributed by atoms with Gasteiger partial charge in [0, 0.05) is 19.0 Å². The summed E-state index contributed by atoms with van der Waals surface area (Å²) in [5, 5.41) is 14.8. The van der Waals surface area contributed by atoms with Crippen molar-refractivity contribution in [3.05, 3.63) is 0 Å². The van der Waals surface area contributed by atoms with Crippen molar-refractivity contribution < 1.29 is 18.3 Å². The predicted octanol–water partition coefficient (Wildman–Crippen LogP) is -1.10. The summed E-state index contributed by atoms with van der Waals surface area (Å²) in [6.45, 7) is 4.10.